The lowest BCUT2D eigenvalue weighted by Crippen LogP contribution is -2.16. The van der Waals surface area contributed by atoms with Gasteiger partial charge in [0.25, 0.3) is 5.91 Å². The molecule has 1 heterocycles. The Balaban J connectivity index is 2.28. The molecular formula is C10H9N5O3. The Kier molecular flexibility index (Phi) is 2.92. The van der Waals surface area contributed by atoms with Gasteiger partial charge in [0, 0.05) is 0 Å². The Bertz CT molecular complexity index is 607. The number of aromatic amines is 1. The van der Waals surface area contributed by atoms with Gasteiger partial charge in [-0.2, -0.15) is 5.21 Å². The minimum absolute atomic E-state index is 0.0204. The van der Waals surface area contributed by atoms with Gasteiger partial charge in [0.1, 0.15) is 0 Å². The Morgan fingerprint density at radius 2 is 2.00 bits per heavy atom. The average Bonchev–Trinajstić information content (AvgIpc) is 2.76. The highest BCUT2D eigenvalue weighted by Crippen LogP contribution is 2.16. The largest absolute Gasteiger partial charge is 0.478 e. The number of nitrogens with zero attached hydrogens (tertiary/aromatic N) is 2. The molecule has 0 aliphatic heterocycles. The monoisotopic (exact) mass is 247 g/mol. The molecule has 1 aromatic heterocycles. The lowest BCUT2D eigenvalue weighted by atomic mass is 10.2. The van der Waals surface area contributed by atoms with Crippen LogP contribution in [0.4, 0.5) is 11.5 Å². The SMILES string of the molecule is Nc1n[nH]nc1C(=O)Nc1ccccc1C(=O)O. The molecule has 2 rings (SSSR count). The predicted octanol–water partition coefficient (Wildman–Crippen LogP) is 0.337. The third-order valence-corrected chi connectivity index (χ3v) is 2.20. The Morgan fingerprint density at radius 1 is 1.28 bits per heavy atom. The summed E-state index contributed by atoms with van der Waals surface area (Å²) in [6.45, 7) is 0. The molecule has 1 amide bonds. The number of carboxylic acid groups (broad SMARTS) is 1. The lowest BCUT2D eigenvalue weighted by Gasteiger charge is -2.06. The van der Waals surface area contributed by atoms with Gasteiger partial charge in [-0.15, -0.1) is 10.2 Å². The van der Waals surface area contributed by atoms with E-state index in [4.69, 9.17) is 10.8 Å². The number of nitrogens with one attached hydrogen (secondary N) is 2. The third kappa shape index (κ3) is 2.12. The van der Waals surface area contributed by atoms with Gasteiger partial charge in [-0.05, 0) is 12.1 Å². The number of amides is 1. The predicted molar refractivity (Wildman–Crippen MR) is 62.1 cm³/mol. The summed E-state index contributed by atoms with van der Waals surface area (Å²) in [7, 11) is 0. The van der Waals surface area contributed by atoms with Crippen LogP contribution in [0.5, 0.6) is 0 Å². The second-order valence-electron chi connectivity index (χ2n) is 3.36. The van der Waals surface area contributed by atoms with Crippen LogP contribution >= 0.6 is 0 Å². The van der Waals surface area contributed by atoms with Gasteiger partial charge >= 0.3 is 5.97 Å². The normalized spacial score (nSPS) is 10.0. The van der Waals surface area contributed by atoms with E-state index in [-0.39, 0.29) is 22.8 Å². The van der Waals surface area contributed by atoms with Crippen LogP contribution in [-0.4, -0.2) is 32.4 Å². The van der Waals surface area contributed by atoms with E-state index in [1.165, 1.54) is 12.1 Å². The summed E-state index contributed by atoms with van der Waals surface area (Å²) >= 11 is 0. The highest BCUT2D eigenvalue weighted by atomic mass is 16.4. The number of nitrogens with two attached hydrogens (primary N) is 1. The number of aromatic carboxylic acids is 1. The van der Waals surface area contributed by atoms with Gasteiger partial charge in [-0.25, -0.2) is 4.79 Å². The topological polar surface area (TPSA) is 134 Å². The van der Waals surface area contributed by atoms with Gasteiger partial charge in [0.05, 0.1) is 11.3 Å². The van der Waals surface area contributed by atoms with Crippen molar-refractivity contribution < 1.29 is 14.7 Å². The number of nitrogen functional groups attached to an aromatic ring is 1. The first-order valence-electron chi connectivity index (χ1n) is 4.89. The Morgan fingerprint density at radius 3 is 2.61 bits per heavy atom. The third-order valence-electron chi connectivity index (χ3n) is 2.20. The summed E-state index contributed by atoms with van der Waals surface area (Å²) in [5.74, 6) is -1.82. The molecule has 1 aromatic carbocycles. The molecular weight excluding hydrogens is 238 g/mol. The van der Waals surface area contributed by atoms with E-state index in [2.05, 4.69) is 20.7 Å². The van der Waals surface area contributed by atoms with Gasteiger partial charge < -0.3 is 16.2 Å². The Hall–Kier alpha value is -2.90. The summed E-state index contributed by atoms with van der Waals surface area (Å²) in [6, 6.07) is 6.01. The molecule has 0 aliphatic carbocycles. The number of anilines is 2. The quantitative estimate of drug-likeness (QED) is 0.617. The van der Waals surface area contributed by atoms with E-state index in [1.807, 2.05) is 0 Å². The molecule has 0 saturated heterocycles. The molecule has 18 heavy (non-hydrogen) atoms. The van der Waals surface area contributed by atoms with E-state index in [9.17, 15) is 9.59 Å². The zero-order valence-electron chi connectivity index (χ0n) is 9.04. The van der Waals surface area contributed by atoms with Crippen LogP contribution in [0.3, 0.4) is 0 Å². The molecule has 5 N–H and O–H groups in total. The summed E-state index contributed by atoms with van der Waals surface area (Å²) < 4.78 is 0. The molecule has 8 heteroatoms. The van der Waals surface area contributed by atoms with Crippen LogP contribution in [0.15, 0.2) is 24.3 Å². The first kappa shape index (κ1) is 11.6. The average molecular weight is 247 g/mol. The van der Waals surface area contributed by atoms with Crippen LogP contribution in [0.1, 0.15) is 20.8 Å². The number of hydrogen-bond acceptors (Lipinski definition) is 5. The lowest BCUT2D eigenvalue weighted by molar-refractivity contribution is 0.0698. The fraction of sp³-hybridized carbons (Fsp3) is 0. The van der Waals surface area contributed by atoms with Crippen molar-refractivity contribution in [2.45, 2.75) is 0 Å². The van der Waals surface area contributed by atoms with Crippen molar-refractivity contribution in [2.24, 2.45) is 0 Å². The fourth-order valence-corrected chi connectivity index (χ4v) is 1.37. The van der Waals surface area contributed by atoms with Crippen LogP contribution < -0.4 is 11.1 Å². The Labute approximate surface area is 101 Å². The van der Waals surface area contributed by atoms with Crippen molar-refractivity contribution in [1.29, 1.82) is 0 Å². The second kappa shape index (κ2) is 4.53. The van der Waals surface area contributed by atoms with Crippen LogP contribution in [0.2, 0.25) is 0 Å². The van der Waals surface area contributed by atoms with Crippen molar-refractivity contribution >= 4 is 23.4 Å². The summed E-state index contributed by atoms with van der Waals surface area (Å²) in [5.41, 5.74) is 5.47. The van der Waals surface area contributed by atoms with Crippen molar-refractivity contribution in [3.05, 3.63) is 35.5 Å². The molecule has 0 saturated carbocycles. The molecule has 8 nitrogen and oxygen atoms in total. The molecule has 92 valence electrons. The molecule has 0 atom stereocenters. The van der Waals surface area contributed by atoms with Crippen molar-refractivity contribution in [2.75, 3.05) is 11.1 Å². The number of carbonyl (C=O) groups excluding carboxylic acids is 1. The van der Waals surface area contributed by atoms with Crippen molar-refractivity contribution in [1.82, 2.24) is 15.4 Å². The zero-order valence-corrected chi connectivity index (χ0v) is 9.04. The maximum absolute atomic E-state index is 11.8. The standard InChI is InChI=1S/C10H9N5O3/c11-8-7(13-15-14-8)9(16)12-6-4-2-1-3-5(6)10(17)18/h1-4H,(H,12,16)(H,17,18)(H3,11,13,14,15). The van der Waals surface area contributed by atoms with E-state index in [0.717, 1.165) is 0 Å². The molecule has 0 spiro atoms. The van der Waals surface area contributed by atoms with Crippen molar-refractivity contribution in [3.8, 4) is 0 Å². The number of carboxylic acids is 1. The maximum Gasteiger partial charge on any atom is 0.337 e. The van der Waals surface area contributed by atoms with Gasteiger partial charge in [0.2, 0.25) is 0 Å². The zero-order chi connectivity index (χ0) is 13.1. The smallest absolute Gasteiger partial charge is 0.337 e. The minimum Gasteiger partial charge on any atom is -0.478 e. The number of carbonyl (C=O) groups is 2. The summed E-state index contributed by atoms with van der Waals surface area (Å²) in [4.78, 5) is 22.7. The molecule has 0 bridgehead atoms. The fourth-order valence-electron chi connectivity index (χ4n) is 1.37. The van der Waals surface area contributed by atoms with Crippen LogP contribution in [0.25, 0.3) is 0 Å². The number of benzene rings is 1. The molecule has 0 fully saturated rings. The molecule has 2 aromatic rings. The summed E-state index contributed by atoms with van der Waals surface area (Å²) in [6.07, 6.45) is 0. The first-order valence-corrected chi connectivity index (χ1v) is 4.89. The number of H-pyrrole nitrogens is 1. The van der Waals surface area contributed by atoms with E-state index in [0.29, 0.717) is 0 Å². The van der Waals surface area contributed by atoms with E-state index >= 15 is 0 Å². The van der Waals surface area contributed by atoms with Gasteiger partial charge in [-0.1, -0.05) is 12.1 Å². The number of aromatic nitrogens is 3. The summed E-state index contributed by atoms with van der Waals surface area (Å²) in [5, 5.41) is 20.6. The van der Waals surface area contributed by atoms with E-state index in [1.54, 1.807) is 12.1 Å². The number of para-hydroxylation sites is 1. The van der Waals surface area contributed by atoms with Gasteiger partial charge in [-0.3, -0.25) is 4.79 Å². The molecule has 0 aliphatic rings. The highest BCUT2D eigenvalue weighted by Gasteiger charge is 2.17. The first-order chi connectivity index (χ1) is 8.59. The van der Waals surface area contributed by atoms with Crippen LogP contribution in [0, 0.1) is 0 Å². The number of rotatable bonds is 3. The molecule has 0 radical (unpaired) electrons. The number of hydrogen-bond donors (Lipinski definition) is 4. The van der Waals surface area contributed by atoms with Crippen LogP contribution in [-0.2, 0) is 0 Å². The molecule has 0 unspecified atom stereocenters. The second-order valence-corrected chi connectivity index (χ2v) is 3.36. The highest BCUT2D eigenvalue weighted by molar-refractivity contribution is 6.08. The minimum atomic E-state index is -1.14. The van der Waals surface area contributed by atoms with Gasteiger partial charge in [0.15, 0.2) is 11.5 Å². The van der Waals surface area contributed by atoms with Crippen molar-refractivity contribution in [3.63, 3.8) is 0 Å². The maximum atomic E-state index is 11.8. The van der Waals surface area contributed by atoms with E-state index < -0.39 is 11.9 Å².